The number of amides is 1. The summed E-state index contributed by atoms with van der Waals surface area (Å²) in [4.78, 5) is 12.4. The largest absolute Gasteiger partial charge is 0.478 e. The van der Waals surface area contributed by atoms with E-state index in [1.54, 1.807) is 36.4 Å². The minimum atomic E-state index is -0.796. The van der Waals surface area contributed by atoms with Gasteiger partial charge in [-0.3, -0.25) is 4.79 Å². The van der Waals surface area contributed by atoms with Gasteiger partial charge in [0.1, 0.15) is 23.9 Å². The fraction of sp³-hybridized carbons (Fsp3) is 0.0870. The van der Waals surface area contributed by atoms with Crippen LogP contribution in [0.15, 0.2) is 72.8 Å². The number of ether oxygens (including phenoxy) is 2. The summed E-state index contributed by atoms with van der Waals surface area (Å²) >= 11 is 0. The molecule has 3 aromatic carbocycles. The molecule has 3 aromatic rings. The van der Waals surface area contributed by atoms with Gasteiger partial charge in [-0.15, -0.1) is 0 Å². The molecule has 146 valence electrons. The van der Waals surface area contributed by atoms with Crippen molar-refractivity contribution in [3.63, 3.8) is 0 Å². The number of rotatable bonds is 6. The van der Waals surface area contributed by atoms with E-state index in [-0.39, 0.29) is 24.8 Å². The number of carbonyl (C=O) groups is 1. The van der Waals surface area contributed by atoms with E-state index < -0.39 is 11.6 Å². The average molecular weight is 393 g/mol. The number of hydrogen-bond acceptors (Lipinski definition) is 3. The Hall–Kier alpha value is -3.85. The molecule has 0 aliphatic rings. The molecule has 0 aliphatic heterocycles. The number of nitrogens with one attached hydrogen (secondary N) is 1. The molecule has 3 rings (SSSR count). The van der Waals surface area contributed by atoms with Crippen molar-refractivity contribution in [3.8, 4) is 29.1 Å². The van der Waals surface area contributed by atoms with Crippen LogP contribution in [0.2, 0.25) is 0 Å². The smallest absolute Gasteiger partial charge is 0.255 e. The van der Waals surface area contributed by atoms with Gasteiger partial charge in [-0.1, -0.05) is 42.2 Å². The van der Waals surface area contributed by atoms with Crippen molar-refractivity contribution in [1.29, 1.82) is 0 Å². The van der Waals surface area contributed by atoms with E-state index in [1.807, 2.05) is 18.2 Å². The Kier molecular flexibility index (Phi) is 6.80. The maximum Gasteiger partial charge on any atom is 0.255 e. The first kappa shape index (κ1) is 19.9. The van der Waals surface area contributed by atoms with Gasteiger partial charge >= 0.3 is 0 Å². The van der Waals surface area contributed by atoms with Crippen LogP contribution < -0.4 is 14.8 Å². The number of hydrogen-bond donors (Lipinski definition) is 1. The topological polar surface area (TPSA) is 47.6 Å². The van der Waals surface area contributed by atoms with Crippen molar-refractivity contribution in [2.45, 2.75) is 0 Å². The summed E-state index contributed by atoms with van der Waals surface area (Å²) in [6, 6.07) is 19.1. The summed E-state index contributed by atoms with van der Waals surface area (Å²) in [6.45, 7) is -0.0140. The van der Waals surface area contributed by atoms with Gasteiger partial charge < -0.3 is 14.8 Å². The molecule has 0 bridgehead atoms. The minimum absolute atomic E-state index is 0.0771. The lowest BCUT2D eigenvalue weighted by Gasteiger charge is -2.10. The highest BCUT2D eigenvalue weighted by atomic mass is 19.1. The molecule has 0 radical (unpaired) electrons. The van der Waals surface area contributed by atoms with Crippen LogP contribution in [-0.4, -0.2) is 19.1 Å². The molecule has 0 fully saturated rings. The highest BCUT2D eigenvalue weighted by molar-refractivity contribution is 5.97. The van der Waals surface area contributed by atoms with Gasteiger partial charge in [-0.25, -0.2) is 8.78 Å². The van der Waals surface area contributed by atoms with Crippen LogP contribution in [0.3, 0.4) is 0 Å². The Balaban J connectivity index is 1.52. The maximum atomic E-state index is 13.4. The van der Waals surface area contributed by atoms with E-state index in [9.17, 15) is 13.6 Å². The van der Waals surface area contributed by atoms with Crippen molar-refractivity contribution in [3.05, 3.63) is 90.0 Å². The lowest BCUT2D eigenvalue weighted by Crippen LogP contribution is -2.24. The molecule has 0 saturated heterocycles. The highest BCUT2D eigenvalue weighted by Gasteiger charge is 2.11. The zero-order chi connectivity index (χ0) is 20.5. The summed E-state index contributed by atoms with van der Waals surface area (Å²) in [5, 5.41) is 2.67. The Morgan fingerprint density at radius 1 is 0.897 bits per heavy atom. The molecule has 1 amide bonds. The number of benzene rings is 3. The molecule has 6 heteroatoms. The molecule has 29 heavy (non-hydrogen) atoms. The second-order valence-electron chi connectivity index (χ2n) is 5.81. The van der Waals surface area contributed by atoms with Gasteiger partial charge in [0.15, 0.2) is 11.6 Å². The van der Waals surface area contributed by atoms with E-state index in [4.69, 9.17) is 9.47 Å². The van der Waals surface area contributed by atoms with Crippen LogP contribution in [-0.2, 0) is 0 Å². The van der Waals surface area contributed by atoms with E-state index in [0.717, 1.165) is 12.1 Å². The molecular formula is C23H17F2NO3. The van der Waals surface area contributed by atoms with Crippen molar-refractivity contribution < 1.29 is 23.0 Å². The molecule has 0 saturated carbocycles. The Labute approximate surface area is 167 Å². The van der Waals surface area contributed by atoms with Gasteiger partial charge in [-0.2, -0.15) is 0 Å². The normalized spacial score (nSPS) is 9.86. The zero-order valence-electron chi connectivity index (χ0n) is 15.3. The van der Waals surface area contributed by atoms with Crippen molar-refractivity contribution in [2.75, 3.05) is 13.2 Å². The zero-order valence-corrected chi connectivity index (χ0v) is 15.3. The number of halogens is 2. The predicted molar refractivity (Wildman–Crippen MR) is 105 cm³/mol. The van der Waals surface area contributed by atoms with Crippen LogP contribution in [0.25, 0.3) is 0 Å². The van der Waals surface area contributed by atoms with Gasteiger partial charge in [-0.05, 0) is 36.4 Å². The minimum Gasteiger partial charge on any atom is -0.478 e. The van der Waals surface area contributed by atoms with Crippen LogP contribution in [0, 0.1) is 23.5 Å². The SMILES string of the molecule is O=C(NCC#CCOc1ccc(F)cc1F)c1ccccc1Oc1ccccc1. The van der Waals surface area contributed by atoms with Gasteiger partial charge in [0.2, 0.25) is 0 Å². The highest BCUT2D eigenvalue weighted by Crippen LogP contribution is 2.24. The average Bonchev–Trinajstić information content (AvgIpc) is 2.73. The second kappa shape index (κ2) is 9.90. The van der Waals surface area contributed by atoms with Gasteiger partial charge in [0, 0.05) is 6.07 Å². The van der Waals surface area contributed by atoms with Crippen LogP contribution in [0.4, 0.5) is 8.78 Å². The summed E-state index contributed by atoms with van der Waals surface area (Å²) in [7, 11) is 0. The first-order valence-corrected chi connectivity index (χ1v) is 8.77. The molecule has 0 heterocycles. The third-order valence-corrected chi connectivity index (χ3v) is 3.76. The van der Waals surface area contributed by atoms with Crippen LogP contribution in [0.1, 0.15) is 10.4 Å². The summed E-state index contributed by atoms with van der Waals surface area (Å²) in [5.74, 6) is 4.52. The van der Waals surface area contributed by atoms with Crippen molar-refractivity contribution in [2.24, 2.45) is 0 Å². The summed E-state index contributed by atoms with van der Waals surface area (Å²) < 4.78 is 37.1. The Morgan fingerprint density at radius 3 is 2.45 bits per heavy atom. The standard InChI is InChI=1S/C23H17F2NO3/c24-17-12-13-22(20(25)16-17)28-15-7-6-14-26-23(27)19-10-4-5-11-21(19)29-18-8-2-1-3-9-18/h1-5,8-13,16H,14-15H2,(H,26,27). The fourth-order valence-electron chi connectivity index (χ4n) is 2.40. The Bertz CT molecular complexity index is 1040. The van der Waals surface area contributed by atoms with E-state index in [2.05, 4.69) is 17.2 Å². The molecule has 0 unspecified atom stereocenters. The quantitative estimate of drug-likeness (QED) is 0.624. The molecule has 0 aliphatic carbocycles. The summed E-state index contributed by atoms with van der Waals surface area (Å²) in [6.07, 6.45) is 0. The van der Waals surface area contributed by atoms with Crippen molar-refractivity contribution >= 4 is 5.91 Å². The van der Waals surface area contributed by atoms with E-state index >= 15 is 0 Å². The third kappa shape index (κ3) is 5.81. The predicted octanol–water partition coefficient (Wildman–Crippen LogP) is 4.57. The summed E-state index contributed by atoms with van der Waals surface area (Å²) in [5.41, 5.74) is 0.378. The van der Waals surface area contributed by atoms with E-state index in [1.165, 1.54) is 6.07 Å². The van der Waals surface area contributed by atoms with E-state index in [0.29, 0.717) is 17.1 Å². The third-order valence-electron chi connectivity index (χ3n) is 3.76. The number of para-hydroxylation sites is 2. The van der Waals surface area contributed by atoms with Gasteiger partial charge in [0.05, 0.1) is 12.1 Å². The Morgan fingerprint density at radius 2 is 1.66 bits per heavy atom. The first-order chi connectivity index (χ1) is 14.1. The fourth-order valence-corrected chi connectivity index (χ4v) is 2.40. The first-order valence-electron chi connectivity index (χ1n) is 8.77. The molecule has 0 spiro atoms. The van der Waals surface area contributed by atoms with Crippen LogP contribution in [0.5, 0.6) is 17.2 Å². The van der Waals surface area contributed by atoms with Crippen molar-refractivity contribution in [1.82, 2.24) is 5.32 Å². The maximum absolute atomic E-state index is 13.4. The second-order valence-corrected chi connectivity index (χ2v) is 5.81. The molecular weight excluding hydrogens is 376 g/mol. The molecule has 1 N–H and O–H groups in total. The lowest BCUT2D eigenvalue weighted by atomic mass is 10.2. The molecule has 0 aromatic heterocycles. The molecule has 0 atom stereocenters. The van der Waals surface area contributed by atoms with Crippen LogP contribution >= 0.6 is 0 Å². The monoisotopic (exact) mass is 393 g/mol. The van der Waals surface area contributed by atoms with Gasteiger partial charge in [0.25, 0.3) is 5.91 Å². The molecule has 4 nitrogen and oxygen atoms in total. The number of carbonyl (C=O) groups excluding carboxylic acids is 1. The lowest BCUT2D eigenvalue weighted by molar-refractivity contribution is 0.0956.